The predicted octanol–water partition coefficient (Wildman–Crippen LogP) is 0.776. The van der Waals surface area contributed by atoms with Crippen molar-refractivity contribution in [1.82, 2.24) is 45.5 Å². The van der Waals surface area contributed by atoms with Gasteiger partial charge in [-0.2, -0.15) is 9.78 Å². The minimum Gasteiger partial charge on any atom is -0.507 e. The third kappa shape index (κ3) is 4.37. The van der Waals surface area contributed by atoms with E-state index in [4.69, 9.17) is 17.3 Å². The molecule has 14 nitrogen and oxygen atoms in total. The maximum Gasteiger partial charge on any atom is 0.293 e. The third-order valence-electron chi connectivity index (χ3n) is 4.04. The van der Waals surface area contributed by atoms with Crippen LogP contribution < -0.4 is 11.2 Å². The Balaban J connectivity index is 1.59. The molecule has 0 radical (unpaired) electrons. The van der Waals surface area contributed by atoms with Gasteiger partial charge in [0.05, 0.1) is 11.9 Å². The zero-order valence-electron chi connectivity index (χ0n) is 16.2. The monoisotopic (exact) mass is 475 g/mol. The number of phenolic OH excluding ortho intramolecular Hbond substituents is 1. The lowest BCUT2D eigenvalue weighted by Gasteiger charge is -2.05. The lowest BCUT2D eigenvalue weighted by molar-refractivity contribution is 0.0949. The van der Waals surface area contributed by atoms with Gasteiger partial charge < -0.3 is 15.4 Å². The van der Waals surface area contributed by atoms with Crippen molar-refractivity contribution in [3.63, 3.8) is 0 Å². The van der Waals surface area contributed by atoms with Crippen LogP contribution in [-0.2, 0) is 12.8 Å². The van der Waals surface area contributed by atoms with E-state index in [2.05, 4.69) is 46.0 Å². The van der Waals surface area contributed by atoms with Gasteiger partial charge in [-0.25, -0.2) is 10.1 Å². The number of hydrogen-bond acceptors (Lipinski definition) is 12. The third-order valence-corrected chi connectivity index (χ3v) is 5.32. The smallest absolute Gasteiger partial charge is 0.293 e. The molecular formula is C16H14ClN11O3S. The van der Waals surface area contributed by atoms with E-state index in [1.54, 1.807) is 17.9 Å². The van der Waals surface area contributed by atoms with E-state index in [-0.39, 0.29) is 28.8 Å². The summed E-state index contributed by atoms with van der Waals surface area (Å²) in [5, 5.41) is 37.6. The molecule has 1 amide bonds. The standard InChI is InChI=1S/C16H14ClN11O3S/c1-27-7-20-23-16(27)32-6-10-12(21-26-28(10)14-13(18)24-31-25-14)15(30)22-19-5-8-4-9(17)2-3-11(8)29/h2-5,7,29H,6H2,1H3,(H2,18,24)(H,22,30)/b19-5+. The molecule has 0 aliphatic heterocycles. The normalized spacial score (nSPS) is 11.3. The molecule has 4 N–H and O–H groups in total. The largest absolute Gasteiger partial charge is 0.507 e. The van der Waals surface area contributed by atoms with Gasteiger partial charge in [-0.15, -0.1) is 15.3 Å². The minimum absolute atomic E-state index is 0.0266. The number of carbonyl (C=O) groups excluding carboxylic acids is 1. The van der Waals surface area contributed by atoms with Crippen molar-refractivity contribution < 1.29 is 14.5 Å². The molecule has 1 aromatic carbocycles. The van der Waals surface area contributed by atoms with Crippen LogP contribution in [0.2, 0.25) is 5.02 Å². The predicted molar refractivity (Wildman–Crippen MR) is 112 cm³/mol. The van der Waals surface area contributed by atoms with Crippen LogP contribution in [0.1, 0.15) is 21.7 Å². The number of carbonyl (C=O) groups is 1. The fourth-order valence-corrected chi connectivity index (χ4v) is 3.55. The van der Waals surface area contributed by atoms with Crippen LogP contribution in [0.25, 0.3) is 5.82 Å². The van der Waals surface area contributed by atoms with Crippen molar-refractivity contribution in [3.8, 4) is 11.6 Å². The first kappa shape index (κ1) is 21.3. The fourth-order valence-electron chi connectivity index (χ4n) is 2.49. The van der Waals surface area contributed by atoms with Crippen molar-refractivity contribution in [3.05, 3.63) is 46.5 Å². The molecule has 0 unspecified atom stereocenters. The molecule has 32 heavy (non-hydrogen) atoms. The fraction of sp³-hybridized carbons (Fsp3) is 0.125. The van der Waals surface area contributed by atoms with Gasteiger partial charge in [-0.05, 0) is 28.5 Å². The Morgan fingerprint density at radius 3 is 2.97 bits per heavy atom. The molecule has 0 bridgehead atoms. The Labute approximate surface area is 188 Å². The number of hydrogen-bond donors (Lipinski definition) is 3. The first-order chi connectivity index (χ1) is 15.4. The maximum absolute atomic E-state index is 12.7. The lowest BCUT2D eigenvalue weighted by atomic mass is 10.2. The Morgan fingerprint density at radius 2 is 2.25 bits per heavy atom. The quantitative estimate of drug-likeness (QED) is 0.194. The van der Waals surface area contributed by atoms with Gasteiger partial charge in [0.15, 0.2) is 10.9 Å². The number of hydrazone groups is 1. The van der Waals surface area contributed by atoms with Crippen LogP contribution in [-0.4, -0.2) is 57.3 Å². The summed E-state index contributed by atoms with van der Waals surface area (Å²) >= 11 is 7.19. The van der Waals surface area contributed by atoms with Crippen LogP contribution >= 0.6 is 23.4 Å². The second-order valence-corrected chi connectivity index (χ2v) is 7.56. The molecule has 16 heteroatoms. The second-order valence-electron chi connectivity index (χ2n) is 6.18. The number of anilines is 1. The SMILES string of the molecule is Cn1cnnc1SCc1c(C(=O)N/N=C/c2cc(Cl)ccc2O)nnn1-c1nonc1N. The minimum atomic E-state index is -0.655. The molecule has 0 saturated heterocycles. The Hall–Kier alpha value is -3.98. The zero-order valence-corrected chi connectivity index (χ0v) is 17.8. The number of nitrogen functional groups attached to an aromatic ring is 1. The molecule has 0 spiro atoms. The number of rotatable bonds is 7. The van der Waals surface area contributed by atoms with E-state index in [9.17, 15) is 9.90 Å². The van der Waals surface area contributed by atoms with Crippen molar-refractivity contribution in [2.24, 2.45) is 12.1 Å². The summed E-state index contributed by atoms with van der Waals surface area (Å²) in [5.74, 6) is -0.433. The molecule has 164 valence electrons. The van der Waals surface area contributed by atoms with Crippen molar-refractivity contribution in [2.45, 2.75) is 10.9 Å². The highest BCUT2D eigenvalue weighted by molar-refractivity contribution is 7.98. The molecule has 0 saturated carbocycles. The maximum atomic E-state index is 12.7. The van der Waals surface area contributed by atoms with Gasteiger partial charge >= 0.3 is 0 Å². The number of thioether (sulfide) groups is 1. The first-order valence-electron chi connectivity index (χ1n) is 8.75. The molecule has 0 atom stereocenters. The van der Waals surface area contributed by atoms with E-state index >= 15 is 0 Å². The molecule has 4 rings (SSSR count). The molecule has 0 fully saturated rings. The van der Waals surface area contributed by atoms with Crippen molar-refractivity contribution >= 4 is 41.3 Å². The summed E-state index contributed by atoms with van der Waals surface area (Å²) in [6.45, 7) is 0. The summed E-state index contributed by atoms with van der Waals surface area (Å²) in [6, 6.07) is 4.43. The van der Waals surface area contributed by atoms with Crippen LogP contribution in [0.15, 0.2) is 39.4 Å². The van der Waals surface area contributed by atoms with E-state index in [1.807, 2.05) is 0 Å². The average Bonchev–Trinajstić information content (AvgIpc) is 3.48. The summed E-state index contributed by atoms with van der Waals surface area (Å²) in [7, 11) is 1.78. The highest BCUT2D eigenvalue weighted by atomic mass is 35.5. The Morgan fingerprint density at radius 1 is 1.41 bits per heavy atom. The van der Waals surface area contributed by atoms with Gasteiger partial charge in [0.2, 0.25) is 11.6 Å². The molecular weight excluding hydrogens is 462 g/mol. The molecule has 3 aromatic heterocycles. The zero-order chi connectivity index (χ0) is 22.7. The summed E-state index contributed by atoms with van der Waals surface area (Å²) in [6.07, 6.45) is 2.79. The number of aromatic nitrogens is 8. The van der Waals surface area contributed by atoms with Gasteiger partial charge in [-0.1, -0.05) is 28.6 Å². The van der Waals surface area contributed by atoms with Crippen molar-refractivity contribution in [1.29, 1.82) is 0 Å². The van der Waals surface area contributed by atoms with Crippen LogP contribution in [0.3, 0.4) is 0 Å². The number of aromatic hydroxyl groups is 1. The number of nitrogens with one attached hydrogen (secondary N) is 1. The van der Waals surface area contributed by atoms with E-state index in [1.165, 1.54) is 40.9 Å². The summed E-state index contributed by atoms with van der Waals surface area (Å²) < 4.78 is 7.58. The molecule has 4 aromatic rings. The van der Waals surface area contributed by atoms with Crippen LogP contribution in [0.4, 0.5) is 5.82 Å². The Bertz CT molecular complexity index is 1300. The second kappa shape index (κ2) is 9.03. The Kier molecular flexibility index (Phi) is 6.00. The van der Waals surface area contributed by atoms with E-state index in [0.29, 0.717) is 21.4 Å². The summed E-state index contributed by atoms with van der Waals surface area (Å²) in [4.78, 5) is 12.7. The number of nitrogens with two attached hydrogens (primary N) is 1. The van der Waals surface area contributed by atoms with Gasteiger partial charge in [-0.3, -0.25) is 4.79 Å². The summed E-state index contributed by atoms with van der Waals surface area (Å²) in [5.41, 5.74) is 8.74. The number of aryl methyl sites for hydroxylation is 1. The molecule has 0 aliphatic rings. The highest BCUT2D eigenvalue weighted by Crippen LogP contribution is 2.24. The highest BCUT2D eigenvalue weighted by Gasteiger charge is 2.24. The molecule has 3 heterocycles. The number of phenols is 1. The number of halogens is 1. The number of nitrogens with zero attached hydrogens (tertiary/aromatic N) is 9. The number of amides is 1. The van der Waals surface area contributed by atoms with Gasteiger partial charge in [0.25, 0.3) is 5.91 Å². The van der Waals surface area contributed by atoms with Gasteiger partial charge in [0, 0.05) is 23.4 Å². The molecule has 0 aliphatic carbocycles. The van der Waals surface area contributed by atoms with Gasteiger partial charge in [0.1, 0.15) is 12.1 Å². The first-order valence-corrected chi connectivity index (χ1v) is 10.1. The van der Waals surface area contributed by atoms with E-state index < -0.39 is 5.91 Å². The average molecular weight is 476 g/mol. The topological polar surface area (TPSA) is 188 Å². The number of benzene rings is 1. The van der Waals surface area contributed by atoms with Crippen LogP contribution in [0, 0.1) is 0 Å². The van der Waals surface area contributed by atoms with E-state index in [0.717, 1.165) is 0 Å². The van der Waals surface area contributed by atoms with Crippen molar-refractivity contribution in [2.75, 3.05) is 5.73 Å². The van der Waals surface area contributed by atoms with Crippen LogP contribution in [0.5, 0.6) is 5.75 Å². The lowest BCUT2D eigenvalue weighted by Crippen LogP contribution is -2.20.